The molecule has 4 aromatic carbocycles. The maximum absolute atomic E-state index is 13.8. The Labute approximate surface area is 367 Å². The lowest BCUT2D eigenvalue weighted by Gasteiger charge is -2.23. The molecule has 0 heterocycles. The van der Waals surface area contributed by atoms with E-state index in [1.54, 1.807) is 86.6 Å². The first-order chi connectivity index (χ1) is 29.9. The second-order valence-electron chi connectivity index (χ2n) is 13.5. The number of esters is 2. The number of carbonyl (C=O) groups excluding carboxylic acids is 6. The number of nitrogens with one attached hydrogen (secondary N) is 4. The van der Waals surface area contributed by atoms with Crippen molar-refractivity contribution in [2.24, 2.45) is 0 Å². The van der Waals surface area contributed by atoms with Crippen LogP contribution in [0.25, 0.3) is 0 Å². The van der Waals surface area contributed by atoms with Crippen molar-refractivity contribution in [1.82, 2.24) is 21.3 Å². The fourth-order valence-electron chi connectivity index (χ4n) is 5.56. The van der Waals surface area contributed by atoms with Crippen LogP contribution in [0.4, 0.5) is 9.59 Å². The van der Waals surface area contributed by atoms with Gasteiger partial charge in [0.05, 0.1) is 13.2 Å². The van der Waals surface area contributed by atoms with Crippen molar-refractivity contribution in [2.45, 2.75) is 64.1 Å². The Morgan fingerprint density at radius 2 is 0.823 bits per heavy atom. The zero-order valence-corrected chi connectivity index (χ0v) is 35.8. The predicted octanol–water partition coefficient (Wildman–Crippen LogP) is 4.95. The third-order valence-corrected chi connectivity index (χ3v) is 11.1. The molecule has 0 aliphatic heterocycles. The van der Waals surface area contributed by atoms with E-state index in [1.165, 1.54) is 24.3 Å². The minimum absolute atomic E-state index is 0.0142. The molecule has 0 fully saturated rings. The van der Waals surface area contributed by atoms with Crippen molar-refractivity contribution >= 4 is 57.5 Å². The molecule has 16 nitrogen and oxygen atoms in total. The average molecular weight is 891 g/mol. The van der Waals surface area contributed by atoms with Crippen molar-refractivity contribution < 1.29 is 57.9 Å². The molecule has 0 aliphatic carbocycles. The summed E-state index contributed by atoms with van der Waals surface area (Å²) < 4.78 is 21.2. The summed E-state index contributed by atoms with van der Waals surface area (Å²) in [5.74, 6) is -3.09. The third kappa shape index (κ3) is 17.3. The van der Waals surface area contributed by atoms with Gasteiger partial charge in [-0.3, -0.25) is 9.59 Å². The summed E-state index contributed by atoms with van der Waals surface area (Å²) in [6.07, 6.45) is -1.80. The Hall–Kier alpha value is -6.40. The number of benzene rings is 4. The van der Waals surface area contributed by atoms with E-state index >= 15 is 0 Å². The van der Waals surface area contributed by atoms with Crippen LogP contribution in [0.5, 0.6) is 11.5 Å². The van der Waals surface area contributed by atoms with E-state index in [2.05, 4.69) is 21.3 Å². The molecule has 0 aromatic heterocycles. The normalized spacial score (nSPS) is 12.6. The number of phenolic OH excluding ortho intramolecular Hbond substituents is 2. The molecule has 62 heavy (non-hydrogen) atoms. The molecule has 4 rings (SSSR count). The highest BCUT2D eigenvalue weighted by Gasteiger charge is 2.31. The lowest BCUT2D eigenvalue weighted by molar-refractivity contribution is -0.148. The highest BCUT2D eigenvalue weighted by Crippen LogP contribution is 2.24. The van der Waals surface area contributed by atoms with Crippen molar-refractivity contribution in [3.63, 3.8) is 0 Å². The standard InChI is InChI=1S/C44H50N4O12S2/c1-3-57-41(53)35(23-29-15-19-33(49)20-16-29)45-39(51)37(47-43(55)59-25-31-11-7-5-8-12-31)27-61-62-28-38(48-44(56)60-26-32-13-9-6-10-14-32)40(52)46-36(42(54)58-4-2)24-30-17-21-34(50)22-18-30/h5-22,35-38,49-50H,3-4,23-28H2,1-2H3,(H,45,51)(H,46,52)(H,47,55)(H,48,56)/t35-,36+,37-,38+. The van der Waals surface area contributed by atoms with E-state index in [1.807, 2.05) is 12.1 Å². The van der Waals surface area contributed by atoms with E-state index in [9.17, 15) is 39.0 Å². The topological polar surface area (TPSA) is 228 Å². The number of hydrogen-bond acceptors (Lipinski definition) is 14. The van der Waals surface area contributed by atoms with Gasteiger partial charge in [-0.05, 0) is 60.4 Å². The van der Waals surface area contributed by atoms with E-state index in [-0.39, 0.29) is 62.3 Å². The monoisotopic (exact) mass is 890 g/mol. The average Bonchev–Trinajstić information content (AvgIpc) is 3.27. The highest BCUT2D eigenvalue weighted by molar-refractivity contribution is 8.76. The minimum Gasteiger partial charge on any atom is -0.508 e. The molecule has 0 saturated carbocycles. The molecular weight excluding hydrogens is 841 g/mol. The van der Waals surface area contributed by atoms with Gasteiger partial charge in [0, 0.05) is 24.3 Å². The zero-order valence-electron chi connectivity index (χ0n) is 34.2. The van der Waals surface area contributed by atoms with E-state index in [0.717, 1.165) is 21.6 Å². The van der Waals surface area contributed by atoms with Crippen molar-refractivity contribution in [1.29, 1.82) is 0 Å². The smallest absolute Gasteiger partial charge is 0.408 e. The number of alkyl carbamates (subject to hydrolysis) is 2. The Kier molecular flexibility index (Phi) is 20.3. The van der Waals surface area contributed by atoms with Gasteiger partial charge in [0.1, 0.15) is 48.9 Å². The zero-order chi connectivity index (χ0) is 44.7. The largest absolute Gasteiger partial charge is 0.508 e. The van der Waals surface area contributed by atoms with Gasteiger partial charge in [0.15, 0.2) is 0 Å². The number of amides is 4. The third-order valence-electron chi connectivity index (χ3n) is 8.72. The quantitative estimate of drug-likeness (QED) is 0.0251. The molecule has 0 saturated heterocycles. The molecule has 4 aromatic rings. The fourth-order valence-corrected chi connectivity index (χ4v) is 7.89. The van der Waals surface area contributed by atoms with Gasteiger partial charge in [-0.25, -0.2) is 19.2 Å². The molecule has 0 aliphatic rings. The molecule has 330 valence electrons. The van der Waals surface area contributed by atoms with Gasteiger partial charge in [-0.15, -0.1) is 0 Å². The summed E-state index contributed by atoms with van der Waals surface area (Å²) in [4.78, 5) is 79.8. The number of carbonyl (C=O) groups is 6. The first-order valence-electron chi connectivity index (χ1n) is 19.6. The SMILES string of the molecule is CCOC(=O)[C@H](Cc1ccc(O)cc1)NC(=O)[C@H](CSSC[C@@H](NC(=O)OCc1ccccc1)C(=O)N[C@H](Cc1ccc(O)cc1)C(=O)OCC)NC(=O)OCc1ccccc1. The van der Waals surface area contributed by atoms with Crippen LogP contribution in [-0.4, -0.2) is 95.0 Å². The molecular formula is C44H50N4O12S2. The van der Waals surface area contributed by atoms with Gasteiger partial charge >= 0.3 is 24.1 Å². The molecule has 18 heteroatoms. The van der Waals surface area contributed by atoms with E-state index < -0.39 is 60.1 Å². The first-order valence-corrected chi connectivity index (χ1v) is 22.1. The first kappa shape index (κ1) is 48.3. The van der Waals surface area contributed by atoms with Crippen LogP contribution in [0.3, 0.4) is 0 Å². The van der Waals surface area contributed by atoms with Gasteiger partial charge in [-0.2, -0.15) is 0 Å². The summed E-state index contributed by atoms with van der Waals surface area (Å²) in [6, 6.07) is 25.1. The number of aromatic hydroxyl groups is 2. The molecule has 0 unspecified atom stereocenters. The van der Waals surface area contributed by atoms with Gasteiger partial charge in [0.2, 0.25) is 11.8 Å². The maximum atomic E-state index is 13.8. The van der Waals surface area contributed by atoms with Crippen molar-refractivity contribution in [3.8, 4) is 11.5 Å². The van der Waals surface area contributed by atoms with E-state index in [4.69, 9.17) is 18.9 Å². The van der Waals surface area contributed by atoms with Crippen LogP contribution in [0.15, 0.2) is 109 Å². The van der Waals surface area contributed by atoms with Crippen molar-refractivity contribution in [3.05, 3.63) is 131 Å². The van der Waals surface area contributed by atoms with Crippen LogP contribution in [0.1, 0.15) is 36.1 Å². The summed E-state index contributed by atoms with van der Waals surface area (Å²) in [5, 5.41) is 29.9. The van der Waals surface area contributed by atoms with Gasteiger partial charge in [0.25, 0.3) is 0 Å². The number of phenols is 2. The summed E-state index contributed by atoms with van der Waals surface area (Å²) >= 11 is 0. The molecule has 0 spiro atoms. The van der Waals surface area contributed by atoms with Gasteiger partial charge < -0.3 is 50.4 Å². The fraction of sp³-hybridized carbons (Fsp3) is 0.318. The Balaban J connectivity index is 1.49. The summed E-state index contributed by atoms with van der Waals surface area (Å²) in [6.45, 7) is 3.16. The highest BCUT2D eigenvalue weighted by atomic mass is 33.1. The van der Waals surface area contributed by atoms with Crippen molar-refractivity contribution in [2.75, 3.05) is 24.7 Å². The van der Waals surface area contributed by atoms with Crippen LogP contribution >= 0.6 is 21.6 Å². The lowest BCUT2D eigenvalue weighted by atomic mass is 10.1. The van der Waals surface area contributed by atoms with Crippen LogP contribution in [0.2, 0.25) is 0 Å². The van der Waals surface area contributed by atoms with Crippen LogP contribution in [-0.2, 0) is 64.2 Å². The molecule has 4 atom stereocenters. The second-order valence-corrected chi connectivity index (χ2v) is 16.0. The number of rotatable bonds is 23. The molecule has 4 amide bonds. The Morgan fingerprint density at radius 1 is 0.468 bits per heavy atom. The summed E-state index contributed by atoms with van der Waals surface area (Å²) in [7, 11) is 2.14. The van der Waals surface area contributed by atoms with E-state index in [0.29, 0.717) is 22.3 Å². The van der Waals surface area contributed by atoms with Crippen LogP contribution < -0.4 is 21.3 Å². The molecule has 0 bridgehead atoms. The second kappa shape index (κ2) is 26.0. The molecule has 0 radical (unpaired) electrons. The molecule has 6 N–H and O–H groups in total. The predicted molar refractivity (Wildman–Crippen MR) is 233 cm³/mol. The number of hydrogen-bond donors (Lipinski definition) is 6. The maximum Gasteiger partial charge on any atom is 0.408 e. The Morgan fingerprint density at radius 3 is 1.16 bits per heavy atom. The lowest BCUT2D eigenvalue weighted by Crippen LogP contribution is -2.54. The summed E-state index contributed by atoms with van der Waals surface area (Å²) in [5.41, 5.74) is 2.64. The van der Waals surface area contributed by atoms with Crippen LogP contribution in [0, 0.1) is 0 Å². The van der Waals surface area contributed by atoms with Gasteiger partial charge in [-0.1, -0.05) is 107 Å². The Bertz CT molecular complexity index is 1900. The number of ether oxygens (including phenoxy) is 4. The minimum atomic E-state index is -1.28.